The number of esters is 1. The van der Waals surface area contributed by atoms with Crippen molar-refractivity contribution in [1.29, 1.82) is 5.26 Å². The normalized spacial score (nSPS) is 9.14. The Bertz CT molecular complexity index is 421. The Balaban J connectivity index is 3.36. The number of nitriles is 1. The zero-order valence-electron chi connectivity index (χ0n) is 7.57. The van der Waals surface area contributed by atoms with E-state index in [0.717, 1.165) is 0 Å². The molecule has 0 amide bonds. The summed E-state index contributed by atoms with van der Waals surface area (Å²) in [6, 6.07) is 4.62. The average molecular weight is 191 g/mol. The summed E-state index contributed by atoms with van der Waals surface area (Å²) in [6.07, 6.45) is 0. The Morgan fingerprint density at radius 3 is 2.64 bits per heavy atom. The molecule has 4 N–H and O–H groups in total. The Hall–Kier alpha value is -2.22. The topological polar surface area (TPSA) is 102 Å². The van der Waals surface area contributed by atoms with Crippen molar-refractivity contribution in [3.8, 4) is 6.07 Å². The van der Waals surface area contributed by atoms with Crippen molar-refractivity contribution in [3.63, 3.8) is 0 Å². The van der Waals surface area contributed by atoms with Crippen molar-refractivity contribution in [2.24, 2.45) is 0 Å². The number of methoxy groups -OCH3 is 1. The van der Waals surface area contributed by atoms with E-state index in [1.165, 1.54) is 19.2 Å². The second kappa shape index (κ2) is 3.66. The number of anilines is 2. The summed E-state index contributed by atoms with van der Waals surface area (Å²) in [6.45, 7) is 0. The molecule has 1 aromatic rings. The fourth-order valence-corrected chi connectivity index (χ4v) is 1.02. The molecule has 0 saturated carbocycles. The molecule has 5 heteroatoms. The highest BCUT2D eigenvalue weighted by Crippen LogP contribution is 2.22. The quantitative estimate of drug-likeness (QED) is 0.497. The smallest absolute Gasteiger partial charge is 0.340 e. The first kappa shape index (κ1) is 9.86. The maximum Gasteiger partial charge on any atom is 0.340 e. The molecule has 0 unspecified atom stereocenters. The number of rotatable bonds is 1. The number of nitrogens with zero attached hydrogens (tertiary/aromatic N) is 1. The Kier molecular flexibility index (Phi) is 2.58. The standard InChI is InChI=1S/C9H9N3O2/c1-14-9(13)6-2-5(4-10)3-7(11)8(6)12/h2-3H,11-12H2,1H3. The molecule has 0 aliphatic carbocycles. The number of carbonyl (C=O) groups is 1. The molecule has 0 fully saturated rings. The lowest BCUT2D eigenvalue weighted by molar-refractivity contribution is 0.0602. The molecule has 72 valence electrons. The van der Waals surface area contributed by atoms with Crippen LogP contribution in [-0.4, -0.2) is 13.1 Å². The number of hydrogen-bond acceptors (Lipinski definition) is 5. The lowest BCUT2D eigenvalue weighted by atomic mass is 10.1. The van der Waals surface area contributed by atoms with Crippen LogP contribution >= 0.6 is 0 Å². The van der Waals surface area contributed by atoms with Gasteiger partial charge in [-0.2, -0.15) is 5.26 Å². The highest BCUT2D eigenvalue weighted by molar-refractivity contribution is 5.98. The molecule has 5 nitrogen and oxygen atoms in total. The third-order valence-corrected chi connectivity index (χ3v) is 1.75. The fraction of sp³-hybridized carbons (Fsp3) is 0.111. The number of carbonyl (C=O) groups excluding carboxylic acids is 1. The zero-order chi connectivity index (χ0) is 10.7. The number of hydrogen-bond donors (Lipinski definition) is 2. The average Bonchev–Trinajstić information content (AvgIpc) is 2.20. The molecular weight excluding hydrogens is 182 g/mol. The van der Waals surface area contributed by atoms with E-state index in [1.807, 2.05) is 6.07 Å². The summed E-state index contributed by atoms with van der Waals surface area (Å²) in [4.78, 5) is 11.2. The summed E-state index contributed by atoms with van der Waals surface area (Å²) in [7, 11) is 1.23. The monoisotopic (exact) mass is 191 g/mol. The second-order valence-corrected chi connectivity index (χ2v) is 2.63. The van der Waals surface area contributed by atoms with Gasteiger partial charge in [-0.15, -0.1) is 0 Å². The van der Waals surface area contributed by atoms with E-state index in [1.54, 1.807) is 0 Å². The zero-order valence-corrected chi connectivity index (χ0v) is 7.57. The maximum absolute atomic E-state index is 11.2. The van der Waals surface area contributed by atoms with Crippen molar-refractivity contribution in [2.45, 2.75) is 0 Å². The molecule has 0 aromatic heterocycles. The van der Waals surface area contributed by atoms with Crippen LogP contribution in [0, 0.1) is 11.3 Å². The summed E-state index contributed by atoms with van der Waals surface area (Å²) < 4.78 is 4.49. The first-order chi connectivity index (χ1) is 6.60. The minimum absolute atomic E-state index is 0.115. The number of nitrogen functional groups attached to an aromatic ring is 2. The van der Waals surface area contributed by atoms with Crippen molar-refractivity contribution < 1.29 is 9.53 Å². The molecule has 0 aliphatic heterocycles. The van der Waals surface area contributed by atoms with Gasteiger partial charge in [0.2, 0.25) is 0 Å². The molecule has 0 aliphatic rings. The fourth-order valence-electron chi connectivity index (χ4n) is 1.02. The summed E-state index contributed by atoms with van der Waals surface area (Å²) in [5.41, 5.74) is 11.8. The first-order valence-electron chi connectivity index (χ1n) is 3.77. The van der Waals surface area contributed by atoms with Crippen LogP contribution in [0.25, 0.3) is 0 Å². The van der Waals surface area contributed by atoms with Crippen LogP contribution in [0.3, 0.4) is 0 Å². The molecule has 1 aromatic carbocycles. The van der Waals surface area contributed by atoms with E-state index in [9.17, 15) is 4.79 Å². The van der Waals surface area contributed by atoms with E-state index >= 15 is 0 Å². The van der Waals surface area contributed by atoms with Crippen LogP contribution in [0.2, 0.25) is 0 Å². The van der Waals surface area contributed by atoms with E-state index in [4.69, 9.17) is 16.7 Å². The predicted molar refractivity (Wildman–Crippen MR) is 51.3 cm³/mol. The number of nitrogens with two attached hydrogens (primary N) is 2. The largest absolute Gasteiger partial charge is 0.465 e. The van der Waals surface area contributed by atoms with E-state index < -0.39 is 5.97 Å². The van der Waals surface area contributed by atoms with Gasteiger partial charge >= 0.3 is 5.97 Å². The van der Waals surface area contributed by atoms with Crippen LogP contribution in [-0.2, 0) is 4.74 Å². The minimum Gasteiger partial charge on any atom is -0.465 e. The van der Waals surface area contributed by atoms with Gasteiger partial charge in [0.05, 0.1) is 35.7 Å². The molecule has 0 spiro atoms. The SMILES string of the molecule is COC(=O)c1cc(C#N)cc(N)c1N. The minimum atomic E-state index is -0.605. The van der Waals surface area contributed by atoms with Crippen LogP contribution in [0.4, 0.5) is 11.4 Å². The van der Waals surface area contributed by atoms with Gasteiger partial charge in [-0.05, 0) is 12.1 Å². The van der Waals surface area contributed by atoms with Gasteiger partial charge < -0.3 is 16.2 Å². The molecule has 0 atom stereocenters. The maximum atomic E-state index is 11.2. The third kappa shape index (κ3) is 1.59. The molecule has 0 heterocycles. The van der Waals surface area contributed by atoms with Crippen LogP contribution < -0.4 is 11.5 Å². The summed E-state index contributed by atoms with van der Waals surface area (Å²) in [5, 5.41) is 8.63. The molecular formula is C9H9N3O2. The Morgan fingerprint density at radius 1 is 1.50 bits per heavy atom. The Morgan fingerprint density at radius 2 is 2.14 bits per heavy atom. The molecule has 1 rings (SSSR count). The summed E-state index contributed by atoms with van der Waals surface area (Å²) in [5.74, 6) is -0.605. The Labute approximate surface area is 80.9 Å². The van der Waals surface area contributed by atoms with E-state index in [-0.39, 0.29) is 22.5 Å². The molecule has 0 radical (unpaired) electrons. The summed E-state index contributed by atoms with van der Waals surface area (Å²) >= 11 is 0. The lowest BCUT2D eigenvalue weighted by Crippen LogP contribution is -2.08. The predicted octanol–water partition coefficient (Wildman–Crippen LogP) is 0.509. The van der Waals surface area contributed by atoms with Gasteiger partial charge in [-0.3, -0.25) is 0 Å². The van der Waals surface area contributed by atoms with Gasteiger partial charge in [-0.25, -0.2) is 4.79 Å². The molecule has 14 heavy (non-hydrogen) atoms. The van der Waals surface area contributed by atoms with Crippen molar-refractivity contribution in [1.82, 2.24) is 0 Å². The van der Waals surface area contributed by atoms with E-state index in [0.29, 0.717) is 0 Å². The second-order valence-electron chi connectivity index (χ2n) is 2.63. The van der Waals surface area contributed by atoms with Gasteiger partial charge in [0.15, 0.2) is 0 Å². The highest BCUT2D eigenvalue weighted by Gasteiger charge is 2.13. The highest BCUT2D eigenvalue weighted by atomic mass is 16.5. The number of benzene rings is 1. The van der Waals surface area contributed by atoms with Crippen LogP contribution in [0.5, 0.6) is 0 Å². The number of ether oxygens (including phenoxy) is 1. The van der Waals surface area contributed by atoms with Gasteiger partial charge in [0.25, 0.3) is 0 Å². The van der Waals surface area contributed by atoms with Gasteiger partial charge in [0, 0.05) is 0 Å². The van der Waals surface area contributed by atoms with Crippen LogP contribution in [0.15, 0.2) is 12.1 Å². The molecule has 0 saturated heterocycles. The van der Waals surface area contributed by atoms with Crippen molar-refractivity contribution in [3.05, 3.63) is 23.3 Å². The van der Waals surface area contributed by atoms with Crippen LogP contribution in [0.1, 0.15) is 15.9 Å². The lowest BCUT2D eigenvalue weighted by Gasteiger charge is -2.06. The third-order valence-electron chi connectivity index (χ3n) is 1.75. The van der Waals surface area contributed by atoms with Crippen molar-refractivity contribution >= 4 is 17.3 Å². The first-order valence-corrected chi connectivity index (χ1v) is 3.77. The molecule has 0 bridgehead atoms. The van der Waals surface area contributed by atoms with Gasteiger partial charge in [0.1, 0.15) is 0 Å². The van der Waals surface area contributed by atoms with E-state index in [2.05, 4.69) is 4.74 Å². The van der Waals surface area contributed by atoms with Crippen molar-refractivity contribution in [2.75, 3.05) is 18.6 Å². The van der Waals surface area contributed by atoms with Gasteiger partial charge in [-0.1, -0.05) is 0 Å².